The SMILES string of the molecule is C=CCOc1c(C)c(OCC=C)c(OCC=C)c2c1CC1C3NCC(C)(Cc4cc(C)c(OC)c(O)c43)N1C2CO. The standard InChI is InChI=1S/C33H42N2O6/c1-8-11-39-30-20(5)31(40-12-9-2)32(41-13-10-3)26-22(30)15-23-27-25-21(14-19(4)29(38-7)28(25)37)16-33(6,18-34-27)35(23)24(26)17-36/h8-10,14,23-24,27,34,36-37H,1-3,11-13,15-18H2,4-7H3. The van der Waals surface area contributed by atoms with Crippen LogP contribution in [-0.4, -0.2) is 66.8 Å². The van der Waals surface area contributed by atoms with Crippen molar-refractivity contribution in [1.82, 2.24) is 10.2 Å². The Morgan fingerprint density at radius 1 is 1.00 bits per heavy atom. The van der Waals surface area contributed by atoms with E-state index in [1.165, 1.54) is 0 Å². The van der Waals surface area contributed by atoms with E-state index < -0.39 is 6.04 Å². The summed E-state index contributed by atoms with van der Waals surface area (Å²) in [5.41, 5.74) is 5.13. The van der Waals surface area contributed by atoms with Crippen molar-refractivity contribution in [3.63, 3.8) is 0 Å². The van der Waals surface area contributed by atoms with E-state index in [1.54, 1.807) is 25.3 Å². The molecule has 4 aliphatic heterocycles. The van der Waals surface area contributed by atoms with Crippen LogP contribution in [0.3, 0.4) is 0 Å². The predicted octanol–water partition coefficient (Wildman–Crippen LogP) is 4.63. The monoisotopic (exact) mass is 562 g/mol. The maximum atomic E-state index is 11.5. The molecule has 1 fully saturated rings. The third-order valence-corrected chi connectivity index (χ3v) is 8.74. The van der Waals surface area contributed by atoms with Gasteiger partial charge >= 0.3 is 0 Å². The van der Waals surface area contributed by atoms with E-state index >= 15 is 0 Å². The highest BCUT2D eigenvalue weighted by Gasteiger charge is 2.55. The van der Waals surface area contributed by atoms with Crippen molar-refractivity contribution in [2.45, 2.75) is 57.3 Å². The first-order chi connectivity index (χ1) is 19.8. The van der Waals surface area contributed by atoms with E-state index in [9.17, 15) is 10.2 Å². The quantitative estimate of drug-likeness (QED) is 0.342. The molecule has 2 bridgehead atoms. The first kappa shape index (κ1) is 29.0. The van der Waals surface area contributed by atoms with Gasteiger partial charge in [-0.1, -0.05) is 44.0 Å². The number of rotatable bonds is 11. The van der Waals surface area contributed by atoms with Crippen molar-refractivity contribution >= 4 is 0 Å². The van der Waals surface area contributed by atoms with Crippen LogP contribution < -0.4 is 24.3 Å². The summed E-state index contributed by atoms with van der Waals surface area (Å²) in [7, 11) is 1.59. The topological polar surface area (TPSA) is 92.7 Å². The number of methoxy groups -OCH3 is 1. The van der Waals surface area contributed by atoms with Crippen molar-refractivity contribution in [3.8, 4) is 28.7 Å². The van der Waals surface area contributed by atoms with E-state index in [2.05, 4.69) is 42.9 Å². The molecular weight excluding hydrogens is 520 g/mol. The molecule has 4 unspecified atom stereocenters. The summed E-state index contributed by atoms with van der Waals surface area (Å²) >= 11 is 0. The zero-order valence-electron chi connectivity index (χ0n) is 24.6. The predicted molar refractivity (Wildman–Crippen MR) is 160 cm³/mol. The second-order valence-corrected chi connectivity index (χ2v) is 11.4. The van der Waals surface area contributed by atoms with Crippen LogP contribution in [0.5, 0.6) is 28.7 Å². The number of ether oxygens (including phenoxy) is 4. The van der Waals surface area contributed by atoms with E-state index in [-0.39, 0.29) is 36.6 Å². The minimum atomic E-state index is -0.407. The number of phenols is 1. The number of phenolic OH excluding ortho intramolecular Hbond substituents is 1. The number of aromatic hydroxyl groups is 1. The van der Waals surface area contributed by atoms with Crippen molar-refractivity contribution < 1.29 is 29.2 Å². The fourth-order valence-corrected chi connectivity index (χ4v) is 7.32. The number of benzene rings is 2. The third-order valence-electron chi connectivity index (χ3n) is 8.74. The van der Waals surface area contributed by atoms with Crippen LogP contribution in [0.2, 0.25) is 0 Å². The van der Waals surface area contributed by atoms with E-state index in [0.29, 0.717) is 55.6 Å². The lowest BCUT2D eigenvalue weighted by Crippen LogP contribution is -2.67. The Bertz CT molecular complexity index is 1370. The van der Waals surface area contributed by atoms with E-state index in [0.717, 1.165) is 33.4 Å². The summed E-state index contributed by atoms with van der Waals surface area (Å²) in [5.74, 6) is 2.56. The lowest BCUT2D eigenvalue weighted by atomic mass is 9.77. The number of aliphatic hydroxyl groups is 1. The molecule has 0 amide bonds. The smallest absolute Gasteiger partial charge is 0.168 e. The lowest BCUT2D eigenvalue weighted by Gasteiger charge is -2.57. The molecule has 41 heavy (non-hydrogen) atoms. The van der Waals surface area contributed by atoms with E-state index in [4.69, 9.17) is 18.9 Å². The second kappa shape index (κ2) is 11.4. The fraction of sp³-hybridized carbons (Fsp3) is 0.455. The Kier molecular flexibility index (Phi) is 8.10. The summed E-state index contributed by atoms with van der Waals surface area (Å²) in [6.45, 7) is 19.1. The maximum absolute atomic E-state index is 11.5. The zero-order valence-corrected chi connectivity index (χ0v) is 24.6. The Balaban J connectivity index is 1.78. The summed E-state index contributed by atoms with van der Waals surface area (Å²) in [6, 6.07) is 1.44. The molecule has 220 valence electrons. The van der Waals surface area contributed by atoms with Crippen molar-refractivity contribution in [3.05, 3.63) is 77.4 Å². The first-order valence-corrected chi connectivity index (χ1v) is 14.2. The van der Waals surface area contributed by atoms with Crippen LogP contribution >= 0.6 is 0 Å². The molecule has 0 aromatic heterocycles. The molecule has 4 aliphatic rings. The number of aryl methyl sites for hydroxylation is 1. The fourth-order valence-electron chi connectivity index (χ4n) is 7.32. The third kappa shape index (κ3) is 4.58. The van der Waals surface area contributed by atoms with Gasteiger partial charge in [-0.2, -0.15) is 0 Å². The number of nitrogens with zero attached hydrogens (tertiary/aromatic N) is 1. The summed E-state index contributed by atoms with van der Waals surface area (Å²) in [6.07, 6.45) is 6.42. The highest BCUT2D eigenvalue weighted by molar-refractivity contribution is 5.66. The van der Waals surface area contributed by atoms with Gasteiger partial charge in [0.2, 0.25) is 0 Å². The van der Waals surface area contributed by atoms with Gasteiger partial charge < -0.3 is 34.5 Å². The molecule has 2 aromatic carbocycles. The Morgan fingerprint density at radius 3 is 2.24 bits per heavy atom. The normalized spacial score (nSPS) is 24.4. The number of aliphatic hydroxyl groups excluding tert-OH is 1. The van der Waals surface area contributed by atoms with E-state index in [1.807, 2.05) is 13.8 Å². The maximum Gasteiger partial charge on any atom is 0.168 e. The highest BCUT2D eigenvalue weighted by atomic mass is 16.5. The number of hydrogen-bond acceptors (Lipinski definition) is 8. The largest absolute Gasteiger partial charge is 0.504 e. The Hall–Kier alpha value is -3.46. The van der Waals surface area contributed by atoms with Gasteiger partial charge in [-0.25, -0.2) is 0 Å². The minimum absolute atomic E-state index is 0.0874. The molecule has 8 heteroatoms. The molecule has 2 aromatic rings. The first-order valence-electron chi connectivity index (χ1n) is 14.2. The molecule has 6 rings (SSSR count). The zero-order chi connectivity index (χ0) is 29.5. The molecule has 4 heterocycles. The Morgan fingerprint density at radius 2 is 1.63 bits per heavy atom. The van der Waals surface area contributed by atoms with Crippen LogP contribution in [-0.2, 0) is 12.8 Å². The van der Waals surface area contributed by atoms with Gasteiger partial charge in [0.25, 0.3) is 0 Å². The van der Waals surface area contributed by atoms with Crippen LogP contribution in [0.25, 0.3) is 0 Å². The summed E-state index contributed by atoms with van der Waals surface area (Å²) in [5, 5.41) is 26.4. The Labute approximate surface area is 242 Å². The van der Waals surface area contributed by atoms with Crippen molar-refractivity contribution in [1.29, 1.82) is 0 Å². The van der Waals surface area contributed by atoms with Crippen LogP contribution in [0, 0.1) is 13.8 Å². The highest BCUT2D eigenvalue weighted by Crippen LogP contribution is 2.57. The molecule has 0 saturated carbocycles. The van der Waals surface area contributed by atoms with Crippen LogP contribution in [0.4, 0.5) is 0 Å². The molecular formula is C33H42N2O6. The molecule has 8 nitrogen and oxygen atoms in total. The molecule has 0 spiro atoms. The minimum Gasteiger partial charge on any atom is -0.504 e. The number of fused-ring (bicyclic) bond motifs is 2. The van der Waals surface area contributed by atoms with Crippen molar-refractivity contribution in [2.24, 2.45) is 0 Å². The number of piperazine rings is 1. The second-order valence-electron chi connectivity index (χ2n) is 11.4. The lowest BCUT2D eigenvalue weighted by molar-refractivity contribution is -0.0574. The van der Waals surface area contributed by atoms with Gasteiger partial charge in [0.1, 0.15) is 25.6 Å². The number of hydrogen-bond donors (Lipinski definition) is 3. The van der Waals surface area contributed by atoms with Crippen LogP contribution in [0.1, 0.15) is 52.4 Å². The van der Waals surface area contributed by atoms with Gasteiger partial charge in [-0.15, -0.1) is 0 Å². The average Bonchev–Trinajstić information content (AvgIpc) is 3.16. The van der Waals surface area contributed by atoms with Crippen molar-refractivity contribution in [2.75, 3.05) is 40.1 Å². The molecule has 0 aliphatic carbocycles. The molecule has 0 radical (unpaired) electrons. The van der Waals surface area contributed by atoms with Gasteiger partial charge in [0, 0.05) is 40.4 Å². The summed E-state index contributed by atoms with van der Waals surface area (Å²) in [4.78, 5) is 2.43. The summed E-state index contributed by atoms with van der Waals surface area (Å²) < 4.78 is 24.5. The van der Waals surface area contributed by atoms with Gasteiger partial charge in [-0.05, 0) is 44.7 Å². The molecule has 3 N–H and O–H groups in total. The number of nitrogens with one attached hydrogen (secondary N) is 1. The van der Waals surface area contributed by atoms with Crippen LogP contribution in [0.15, 0.2) is 44.0 Å². The average molecular weight is 563 g/mol. The van der Waals surface area contributed by atoms with Gasteiger partial charge in [0.05, 0.1) is 25.8 Å². The molecule has 4 atom stereocenters. The molecule has 1 saturated heterocycles. The van der Waals surface area contributed by atoms with Gasteiger partial charge in [0.15, 0.2) is 23.0 Å². The van der Waals surface area contributed by atoms with Gasteiger partial charge in [-0.3, -0.25) is 4.90 Å².